The summed E-state index contributed by atoms with van der Waals surface area (Å²) in [6, 6.07) is 0. The zero-order chi connectivity index (χ0) is 19.7. The predicted octanol–water partition coefficient (Wildman–Crippen LogP) is 4.36. The van der Waals surface area contributed by atoms with Crippen LogP contribution in [0.1, 0.15) is 72.1 Å². The van der Waals surface area contributed by atoms with E-state index in [2.05, 4.69) is 6.92 Å². The maximum absolute atomic E-state index is 12.0. The number of fused-ring (bicyclic) bond motifs is 4. The van der Waals surface area contributed by atoms with E-state index < -0.39 is 11.8 Å². The van der Waals surface area contributed by atoms with E-state index in [1.807, 2.05) is 13.0 Å². The van der Waals surface area contributed by atoms with Crippen LogP contribution in [0.25, 0.3) is 0 Å². The molecule has 0 N–H and O–H groups in total. The van der Waals surface area contributed by atoms with Crippen LogP contribution in [0.5, 0.6) is 0 Å². The van der Waals surface area contributed by atoms with Gasteiger partial charge in [0.2, 0.25) is 5.79 Å². The lowest BCUT2D eigenvalue weighted by molar-refractivity contribution is -0.398. The van der Waals surface area contributed by atoms with Crippen LogP contribution in [0.3, 0.4) is 0 Å². The van der Waals surface area contributed by atoms with E-state index in [1.165, 1.54) is 31.8 Å². The monoisotopic (exact) mass is 388 g/mol. The second-order valence-corrected chi connectivity index (χ2v) is 10.3. The molecule has 1 aliphatic heterocycles. The highest BCUT2D eigenvalue weighted by Gasteiger charge is 2.68. The Bertz CT molecular complexity index is 743. The first-order valence-electron chi connectivity index (χ1n) is 11.0. The lowest BCUT2D eigenvalue weighted by Crippen LogP contribution is -2.52. The van der Waals surface area contributed by atoms with Gasteiger partial charge in [0.05, 0.1) is 6.61 Å². The number of ether oxygens (including phenoxy) is 1. The molecule has 1 spiro atoms. The highest BCUT2D eigenvalue weighted by Crippen LogP contribution is 2.70. The minimum Gasteiger partial charge on any atom is -0.346 e. The predicted molar refractivity (Wildman–Crippen MR) is 102 cm³/mol. The number of rotatable bonds is 2. The summed E-state index contributed by atoms with van der Waals surface area (Å²) in [6.45, 7) is 6.44. The molecule has 0 aromatic rings. The first-order valence-corrected chi connectivity index (χ1v) is 11.0. The molecule has 5 aliphatic rings. The zero-order valence-electron chi connectivity index (χ0n) is 17.3. The zero-order valence-corrected chi connectivity index (χ0v) is 17.3. The Balaban J connectivity index is 1.42. The minimum atomic E-state index is -0.825. The highest BCUT2D eigenvalue weighted by atomic mass is 17.2. The van der Waals surface area contributed by atoms with Crippen LogP contribution in [-0.4, -0.2) is 24.1 Å². The van der Waals surface area contributed by atoms with Gasteiger partial charge in [0, 0.05) is 24.7 Å². The summed E-state index contributed by atoms with van der Waals surface area (Å²) < 4.78 is 6.19. The molecule has 5 heteroatoms. The molecule has 3 saturated carbocycles. The van der Waals surface area contributed by atoms with Crippen LogP contribution in [0.15, 0.2) is 11.6 Å². The van der Waals surface area contributed by atoms with Gasteiger partial charge in [-0.1, -0.05) is 12.5 Å². The van der Waals surface area contributed by atoms with Crippen molar-refractivity contribution in [1.82, 2.24) is 0 Å². The third-order valence-corrected chi connectivity index (χ3v) is 9.26. The maximum Gasteiger partial charge on any atom is 0.339 e. The first-order chi connectivity index (χ1) is 13.3. The maximum atomic E-state index is 12.0. The molecule has 4 fully saturated rings. The van der Waals surface area contributed by atoms with Gasteiger partial charge >= 0.3 is 5.97 Å². The second kappa shape index (κ2) is 6.15. The van der Waals surface area contributed by atoms with Crippen LogP contribution in [0.4, 0.5) is 0 Å². The Morgan fingerprint density at radius 1 is 1.11 bits per heavy atom. The second-order valence-electron chi connectivity index (χ2n) is 10.3. The fourth-order valence-corrected chi connectivity index (χ4v) is 8.04. The standard InChI is InChI=1S/C23H32O5/c1-14(24)27-28-22(3)20-7-6-19-17-5-4-15-12-16(25)8-10-21(15,2)18(17)9-11-23(19,20)13-26-22/h12,17-20H,4-11,13H2,1-3H3/t17-,18+,19+,20-,21+,22?,23-/m1/s1. The van der Waals surface area contributed by atoms with E-state index in [1.54, 1.807) is 0 Å². The Morgan fingerprint density at radius 2 is 1.93 bits per heavy atom. The van der Waals surface area contributed by atoms with E-state index in [0.29, 0.717) is 36.6 Å². The number of hydrogen-bond acceptors (Lipinski definition) is 5. The molecule has 0 bridgehead atoms. The minimum absolute atomic E-state index is 0.151. The molecule has 1 saturated heterocycles. The summed E-state index contributed by atoms with van der Waals surface area (Å²) in [5, 5.41) is 0. The summed E-state index contributed by atoms with van der Waals surface area (Å²) in [5.41, 5.74) is 1.77. The van der Waals surface area contributed by atoms with Gasteiger partial charge in [-0.25, -0.2) is 4.79 Å². The molecule has 5 nitrogen and oxygen atoms in total. The fraction of sp³-hybridized carbons (Fsp3) is 0.826. The van der Waals surface area contributed by atoms with E-state index in [4.69, 9.17) is 14.5 Å². The molecule has 1 heterocycles. The van der Waals surface area contributed by atoms with Crippen LogP contribution < -0.4 is 0 Å². The van der Waals surface area contributed by atoms with Crippen LogP contribution in [-0.2, 0) is 24.1 Å². The van der Waals surface area contributed by atoms with Gasteiger partial charge in [-0.3, -0.25) is 9.68 Å². The summed E-state index contributed by atoms with van der Waals surface area (Å²) >= 11 is 0. The van der Waals surface area contributed by atoms with E-state index in [9.17, 15) is 9.59 Å². The number of carbonyl (C=O) groups is 2. The number of carbonyl (C=O) groups excluding carboxylic acids is 2. The molecule has 1 unspecified atom stereocenters. The normalized spacial score (nSPS) is 49.5. The average molecular weight is 389 g/mol. The number of allylic oxidation sites excluding steroid dienone is 1. The summed E-state index contributed by atoms with van der Waals surface area (Å²) in [7, 11) is 0. The van der Waals surface area contributed by atoms with Crippen molar-refractivity contribution in [2.24, 2.45) is 34.5 Å². The quantitative estimate of drug-likeness (QED) is 0.520. The van der Waals surface area contributed by atoms with Gasteiger partial charge in [-0.2, -0.15) is 0 Å². The largest absolute Gasteiger partial charge is 0.346 e. The summed E-state index contributed by atoms with van der Waals surface area (Å²) in [6.07, 6.45) is 10.6. The molecule has 154 valence electrons. The van der Waals surface area contributed by atoms with Gasteiger partial charge in [0.15, 0.2) is 5.78 Å². The van der Waals surface area contributed by atoms with Gasteiger partial charge in [-0.05, 0) is 81.1 Å². The van der Waals surface area contributed by atoms with Gasteiger partial charge in [0.1, 0.15) is 0 Å². The molecule has 28 heavy (non-hydrogen) atoms. The van der Waals surface area contributed by atoms with E-state index in [-0.39, 0.29) is 16.7 Å². The molecule has 0 aromatic carbocycles. The van der Waals surface area contributed by atoms with Crippen molar-refractivity contribution >= 4 is 11.8 Å². The summed E-state index contributed by atoms with van der Waals surface area (Å²) in [4.78, 5) is 33.7. The van der Waals surface area contributed by atoms with Crippen molar-refractivity contribution < 1.29 is 24.1 Å². The molecule has 0 radical (unpaired) electrons. The molecular formula is C23H32O5. The fourth-order valence-electron chi connectivity index (χ4n) is 8.04. The lowest BCUT2D eigenvalue weighted by atomic mass is 9.46. The number of hydrogen-bond donors (Lipinski definition) is 0. The third kappa shape index (κ3) is 2.44. The van der Waals surface area contributed by atoms with Crippen molar-refractivity contribution in [2.45, 2.75) is 77.9 Å². The van der Waals surface area contributed by atoms with Crippen molar-refractivity contribution in [3.05, 3.63) is 11.6 Å². The topological polar surface area (TPSA) is 61.8 Å². The van der Waals surface area contributed by atoms with Crippen LogP contribution in [0, 0.1) is 34.5 Å². The average Bonchev–Trinajstić information content (AvgIpc) is 3.17. The number of ketones is 1. The van der Waals surface area contributed by atoms with Gasteiger partial charge < -0.3 is 4.74 Å². The molecule has 7 atom stereocenters. The first kappa shape index (κ1) is 18.8. The smallest absolute Gasteiger partial charge is 0.339 e. The third-order valence-electron chi connectivity index (χ3n) is 9.26. The molecule has 4 aliphatic carbocycles. The van der Waals surface area contributed by atoms with E-state index in [0.717, 1.165) is 25.7 Å². The Kier molecular flexibility index (Phi) is 4.13. The Labute approximate surface area is 167 Å². The molecule has 5 rings (SSSR count). The van der Waals surface area contributed by atoms with Crippen molar-refractivity contribution in [2.75, 3.05) is 6.61 Å². The van der Waals surface area contributed by atoms with Gasteiger partial charge in [-0.15, -0.1) is 4.89 Å². The SMILES string of the molecule is CC(=O)OOC1(C)OC[C@]23CC[C@H]4[C@@H](CCC5=CC(=O)CC[C@@]54C)[C@@H]2CC[C@H]13. The summed E-state index contributed by atoms with van der Waals surface area (Å²) in [5.74, 6) is 1.37. The van der Waals surface area contributed by atoms with Crippen molar-refractivity contribution in [3.8, 4) is 0 Å². The Hall–Kier alpha value is -1.20. The molecule has 0 amide bonds. The molecular weight excluding hydrogens is 356 g/mol. The lowest BCUT2D eigenvalue weighted by Gasteiger charge is -2.57. The molecule has 0 aromatic heterocycles. The van der Waals surface area contributed by atoms with Crippen molar-refractivity contribution in [1.29, 1.82) is 0 Å². The van der Waals surface area contributed by atoms with Crippen molar-refractivity contribution in [3.63, 3.8) is 0 Å². The highest BCUT2D eigenvalue weighted by molar-refractivity contribution is 5.91. The van der Waals surface area contributed by atoms with Crippen LogP contribution >= 0.6 is 0 Å². The van der Waals surface area contributed by atoms with E-state index >= 15 is 0 Å². The van der Waals surface area contributed by atoms with Gasteiger partial charge in [0.25, 0.3) is 0 Å². The van der Waals surface area contributed by atoms with Crippen LogP contribution in [0.2, 0.25) is 0 Å². The Morgan fingerprint density at radius 3 is 2.71 bits per heavy atom.